The highest BCUT2D eigenvalue weighted by atomic mass is 16.1. The summed E-state index contributed by atoms with van der Waals surface area (Å²) < 4.78 is 0. The van der Waals surface area contributed by atoms with E-state index in [4.69, 9.17) is 5.73 Å². The van der Waals surface area contributed by atoms with E-state index in [-0.39, 0.29) is 17.9 Å². The minimum Gasteiger partial charge on any atom is -0.370 e. The Morgan fingerprint density at radius 1 is 1.08 bits per heavy atom. The fourth-order valence-electron chi connectivity index (χ4n) is 2.43. The number of nitrogens with two attached hydrogens (primary N) is 1. The summed E-state index contributed by atoms with van der Waals surface area (Å²) in [4.78, 5) is 16.4. The summed E-state index contributed by atoms with van der Waals surface area (Å²) in [5.41, 5.74) is 7.16. The van der Waals surface area contributed by atoms with Crippen molar-refractivity contribution >= 4 is 11.7 Å². The van der Waals surface area contributed by atoms with E-state index >= 15 is 0 Å². The normalized spacial score (nSPS) is 13.1. The van der Waals surface area contributed by atoms with Crippen LogP contribution in [0, 0.1) is 5.92 Å². The summed E-state index contributed by atoms with van der Waals surface area (Å²) in [6, 6.07) is 15.2. The molecule has 2 atom stereocenters. The van der Waals surface area contributed by atoms with Crippen LogP contribution >= 0.6 is 0 Å². The van der Waals surface area contributed by atoms with Crippen molar-refractivity contribution in [3.05, 3.63) is 60.3 Å². The lowest BCUT2D eigenvalue weighted by Crippen LogP contribution is -2.36. The summed E-state index contributed by atoms with van der Waals surface area (Å²) in [5.74, 6) is 0.632. The molecule has 2 rings (SSSR count). The van der Waals surface area contributed by atoms with Gasteiger partial charge in [-0.2, -0.15) is 0 Å². The van der Waals surface area contributed by atoms with Crippen LogP contribution in [0.3, 0.4) is 0 Å². The number of carbonyl (C=O) groups is 1. The van der Waals surface area contributed by atoms with Crippen molar-refractivity contribution in [3.63, 3.8) is 0 Å². The predicted octanol–water partition coefficient (Wildman–Crippen LogP) is 2.73. The molecule has 1 aromatic heterocycles. The Bertz CT molecular complexity index is 603. The predicted molar refractivity (Wildman–Crippen MR) is 97.5 cm³/mol. The SMILES string of the molecule is CC(C(=O)NCCCCNc1ccccn1)C(N)c1ccccc1. The zero-order chi connectivity index (χ0) is 17.2. The molecular formula is C19H26N4O. The fraction of sp³-hybridized carbons (Fsp3) is 0.368. The van der Waals surface area contributed by atoms with E-state index in [0.717, 1.165) is 30.8 Å². The number of carbonyl (C=O) groups excluding carboxylic acids is 1. The van der Waals surface area contributed by atoms with Gasteiger partial charge in [0.1, 0.15) is 5.82 Å². The van der Waals surface area contributed by atoms with E-state index in [1.54, 1.807) is 6.20 Å². The van der Waals surface area contributed by atoms with Crippen LogP contribution in [-0.4, -0.2) is 24.0 Å². The van der Waals surface area contributed by atoms with Crippen LogP contribution in [-0.2, 0) is 4.79 Å². The number of unbranched alkanes of at least 4 members (excludes halogenated alkanes) is 1. The van der Waals surface area contributed by atoms with E-state index in [9.17, 15) is 4.79 Å². The maximum Gasteiger partial charge on any atom is 0.224 e. The van der Waals surface area contributed by atoms with E-state index in [1.165, 1.54) is 0 Å². The van der Waals surface area contributed by atoms with Crippen LogP contribution in [0.15, 0.2) is 54.7 Å². The van der Waals surface area contributed by atoms with Gasteiger partial charge in [0.05, 0.1) is 5.92 Å². The van der Waals surface area contributed by atoms with Gasteiger partial charge >= 0.3 is 0 Å². The Kier molecular flexibility index (Phi) is 7.23. The van der Waals surface area contributed by atoms with Gasteiger partial charge in [0.2, 0.25) is 5.91 Å². The smallest absolute Gasteiger partial charge is 0.224 e. The van der Waals surface area contributed by atoms with Gasteiger partial charge in [-0.15, -0.1) is 0 Å². The summed E-state index contributed by atoms with van der Waals surface area (Å²) in [7, 11) is 0. The van der Waals surface area contributed by atoms with Crippen LogP contribution in [0.2, 0.25) is 0 Å². The lowest BCUT2D eigenvalue weighted by molar-refractivity contribution is -0.125. The standard InChI is InChI=1S/C19H26N4O/c1-15(18(20)16-9-3-2-4-10-16)19(24)23-14-8-7-13-22-17-11-5-6-12-21-17/h2-6,9-12,15,18H,7-8,13-14,20H2,1H3,(H,21,22)(H,23,24). The van der Waals surface area contributed by atoms with E-state index in [2.05, 4.69) is 15.6 Å². The van der Waals surface area contributed by atoms with Gasteiger partial charge in [0, 0.05) is 25.3 Å². The Labute approximate surface area is 143 Å². The lowest BCUT2D eigenvalue weighted by Gasteiger charge is -2.19. The first kappa shape index (κ1) is 17.9. The Balaban J connectivity index is 1.62. The van der Waals surface area contributed by atoms with Gasteiger partial charge < -0.3 is 16.4 Å². The third kappa shape index (κ3) is 5.66. The van der Waals surface area contributed by atoms with Crippen molar-refractivity contribution < 1.29 is 4.79 Å². The third-order valence-corrected chi connectivity index (χ3v) is 4.01. The minimum atomic E-state index is -0.281. The first-order valence-corrected chi connectivity index (χ1v) is 8.41. The molecule has 4 N–H and O–H groups in total. The largest absolute Gasteiger partial charge is 0.370 e. The lowest BCUT2D eigenvalue weighted by atomic mass is 9.94. The summed E-state index contributed by atoms with van der Waals surface area (Å²) in [5, 5.41) is 6.22. The molecule has 0 bridgehead atoms. The highest BCUT2D eigenvalue weighted by Crippen LogP contribution is 2.18. The quantitative estimate of drug-likeness (QED) is 0.619. The molecule has 0 aliphatic rings. The Morgan fingerprint density at radius 2 is 1.79 bits per heavy atom. The average molecular weight is 326 g/mol. The Hall–Kier alpha value is -2.40. The van der Waals surface area contributed by atoms with Crippen molar-refractivity contribution in [2.75, 3.05) is 18.4 Å². The van der Waals surface area contributed by atoms with Crippen molar-refractivity contribution in [2.24, 2.45) is 11.7 Å². The number of benzene rings is 1. The number of rotatable bonds is 9. The zero-order valence-corrected chi connectivity index (χ0v) is 14.1. The molecule has 24 heavy (non-hydrogen) atoms. The maximum absolute atomic E-state index is 12.2. The number of nitrogens with zero attached hydrogens (tertiary/aromatic N) is 1. The second-order valence-electron chi connectivity index (χ2n) is 5.87. The highest BCUT2D eigenvalue weighted by molar-refractivity contribution is 5.79. The van der Waals surface area contributed by atoms with Crippen LogP contribution in [0.4, 0.5) is 5.82 Å². The summed E-state index contributed by atoms with van der Waals surface area (Å²) in [6.45, 7) is 3.37. The van der Waals surface area contributed by atoms with Crippen LogP contribution < -0.4 is 16.4 Å². The summed E-state index contributed by atoms with van der Waals surface area (Å²) >= 11 is 0. The van der Waals surface area contributed by atoms with E-state index < -0.39 is 0 Å². The molecule has 5 nitrogen and oxygen atoms in total. The molecule has 0 aliphatic carbocycles. The molecule has 0 radical (unpaired) electrons. The number of aromatic nitrogens is 1. The molecule has 5 heteroatoms. The van der Waals surface area contributed by atoms with Gasteiger partial charge in [0.25, 0.3) is 0 Å². The van der Waals surface area contributed by atoms with Crippen LogP contribution in [0.1, 0.15) is 31.4 Å². The van der Waals surface area contributed by atoms with Gasteiger partial charge in [-0.3, -0.25) is 4.79 Å². The molecule has 1 heterocycles. The minimum absolute atomic E-state index is 0.00374. The molecule has 2 aromatic rings. The van der Waals surface area contributed by atoms with Gasteiger partial charge in [-0.1, -0.05) is 43.3 Å². The highest BCUT2D eigenvalue weighted by Gasteiger charge is 2.21. The molecule has 0 spiro atoms. The second-order valence-corrected chi connectivity index (χ2v) is 5.87. The molecule has 2 unspecified atom stereocenters. The number of anilines is 1. The van der Waals surface area contributed by atoms with Crippen LogP contribution in [0.5, 0.6) is 0 Å². The van der Waals surface area contributed by atoms with Crippen molar-refractivity contribution in [1.29, 1.82) is 0 Å². The average Bonchev–Trinajstić information content (AvgIpc) is 2.64. The first-order valence-electron chi connectivity index (χ1n) is 8.41. The molecule has 0 saturated carbocycles. The van der Waals surface area contributed by atoms with Gasteiger partial charge in [0.15, 0.2) is 0 Å². The molecule has 0 saturated heterocycles. The van der Waals surface area contributed by atoms with E-state index in [1.807, 2.05) is 55.5 Å². The van der Waals surface area contributed by atoms with Crippen molar-refractivity contribution in [3.8, 4) is 0 Å². The van der Waals surface area contributed by atoms with Crippen LogP contribution in [0.25, 0.3) is 0 Å². The monoisotopic (exact) mass is 326 g/mol. The fourth-order valence-corrected chi connectivity index (χ4v) is 2.43. The van der Waals surface area contributed by atoms with E-state index in [0.29, 0.717) is 6.54 Å². The van der Waals surface area contributed by atoms with Gasteiger partial charge in [-0.05, 0) is 30.5 Å². The zero-order valence-electron chi connectivity index (χ0n) is 14.1. The molecular weight excluding hydrogens is 300 g/mol. The molecule has 0 fully saturated rings. The number of nitrogens with one attached hydrogen (secondary N) is 2. The molecule has 0 aliphatic heterocycles. The molecule has 1 amide bonds. The number of amides is 1. The van der Waals surface area contributed by atoms with Crippen molar-refractivity contribution in [1.82, 2.24) is 10.3 Å². The first-order chi connectivity index (χ1) is 11.7. The third-order valence-electron chi connectivity index (χ3n) is 4.01. The second kappa shape index (κ2) is 9.67. The number of hydrogen-bond donors (Lipinski definition) is 3. The number of pyridine rings is 1. The topological polar surface area (TPSA) is 80.0 Å². The maximum atomic E-state index is 12.2. The van der Waals surface area contributed by atoms with Crippen molar-refractivity contribution in [2.45, 2.75) is 25.8 Å². The molecule has 128 valence electrons. The Morgan fingerprint density at radius 3 is 2.50 bits per heavy atom. The summed E-state index contributed by atoms with van der Waals surface area (Å²) in [6.07, 6.45) is 3.65. The number of hydrogen-bond acceptors (Lipinski definition) is 4. The van der Waals surface area contributed by atoms with Gasteiger partial charge in [-0.25, -0.2) is 4.98 Å². The molecule has 1 aromatic carbocycles.